The van der Waals surface area contributed by atoms with Crippen molar-refractivity contribution in [2.24, 2.45) is 0 Å². The highest BCUT2D eigenvalue weighted by Gasteiger charge is 2.14. The molecule has 29 heavy (non-hydrogen) atoms. The first-order valence-corrected chi connectivity index (χ1v) is 10.2. The molecule has 0 fully saturated rings. The maximum absolute atomic E-state index is 13.0. The van der Waals surface area contributed by atoms with E-state index in [9.17, 15) is 4.79 Å². The first-order valence-electron chi connectivity index (χ1n) is 10.2. The molecule has 1 aromatic heterocycles. The van der Waals surface area contributed by atoms with Gasteiger partial charge in [-0.3, -0.25) is 4.79 Å². The highest BCUT2D eigenvalue weighted by atomic mass is 16.5. The van der Waals surface area contributed by atoms with Gasteiger partial charge in [-0.05, 0) is 43.0 Å². The van der Waals surface area contributed by atoms with Crippen LogP contribution < -0.4 is 4.74 Å². The van der Waals surface area contributed by atoms with Crippen molar-refractivity contribution >= 4 is 5.91 Å². The Bertz CT molecular complexity index is 846. The zero-order valence-electron chi connectivity index (χ0n) is 17.0. The summed E-state index contributed by atoms with van der Waals surface area (Å²) >= 11 is 0. The zero-order chi connectivity index (χ0) is 20.3. The molecule has 5 nitrogen and oxygen atoms in total. The Morgan fingerprint density at radius 1 is 1.07 bits per heavy atom. The van der Waals surface area contributed by atoms with Crippen LogP contribution >= 0.6 is 0 Å². The van der Waals surface area contributed by atoms with Crippen LogP contribution in [-0.2, 0) is 24.3 Å². The fourth-order valence-electron chi connectivity index (χ4n) is 3.29. The van der Waals surface area contributed by atoms with Gasteiger partial charge in [0.15, 0.2) is 0 Å². The molecule has 0 spiro atoms. The molecule has 0 atom stereocenters. The summed E-state index contributed by atoms with van der Waals surface area (Å²) in [4.78, 5) is 19.0. The molecule has 0 aliphatic carbocycles. The molecule has 0 aliphatic heterocycles. The highest BCUT2D eigenvalue weighted by Crippen LogP contribution is 2.15. The predicted octanol–water partition coefficient (Wildman–Crippen LogP) is 4.33. The molecular weight excluding hydrogens is 362 g/mol. The largest absolute Gasteiger partial charge is 0.494 e. The van der Waals surface area contributed by atoms with Crippen molar-refractivity contribution in [3.63, 3.8) is 0 Å². The number of imidazole rings is 1. The number of rotatable bonds is 11. The van der Waals surface area contributed by atoms with Crippen molar-refractivity contribution in [1.82, 2.24) is 14.5 Å². The predicted molar refractivity (Wildman–Crippen MR) is 115 cm³/mol. The lowest BCUT2D eigenvalue weighted by atomic mass is 10.1. The Kier molecular flexibility index (Phi) is 7.87. The molecule has 0 unspecified atom stereocenters. The summed E-state index contributed by atoms with van der Waals surface area (Å²) < 4.78 is 7.56. The molecular formula is C24H29N3O2. The minimum absolute atomic E-state index is 0.188. The van der Waals surface area contributed by atoms with Crippen LogP contribution in [0, 0.1) is 0 Å². The number of carbonyl (C=O) groups is 1. The molecule has 3 rings (SSSR count). The molecule has 1 heterocycles. The van der Waals surface area contributed by atoms with Crippen molar-refractivity contribution in [2.45, 2.75) is 39.3 Å². The number of aromatic nitrogens is 2. The number of amides is 1. The molecule has 0 aliphatic rings. The molecule has 0 radical (unpaired) electrons. The summed E-state index contributed by atoms with van der Waals surface area (Å²) in [5.74, 6) is 1.05. The molecule has 5 heteroatoms. The second-order valence-corrected chi connectivity index (χ2v) is 7.03. The SMILES string of the molecule is CCOc1ccc(CN(CCCn2ccnc2)C(=O)CCc2ccccc2)cc1. The number of hydrogen-bond acceptors (Lipinski definition) is 3. The van der Waals surface area contributed by atoms with Crippen molar-refractivity contribution in [2.75, 3.05) is 13.2 Å². The van der Waals surface area contributed by atoms with Crippen LogP contribution in [0.15, 0.2) is 73.3 Å². The Labute approximate surface area is 173 Å². The summed E-state index contributed by atoms with van der Waals surface area (Å²) in [7, 11) is 0. The fourth-order valence-corrected chi connectivity index (χ4v) is 3.29. The Morgan fingerprint density at radius 3 is 2.55 bits per heavy atom. The molecule has 152 valence electrons. The lowest BCUT2D eigenvalue weighted by molar-refractivity contribution is -0.131. The van der Waals surface area contributed by atoms with E-state index in [0.29, 0.717) is 19.6 Å². The molecule has 0 saturated carbocycles. The third-order valence-corrected chi connectivity index (χ3v) is 4.83. The van der Waals surface area contributed by atoms with Gasteiger partial charge in [0, 0.05) is 38.4 Å². The van der Waals surface area contributed by atoms with Gasteiger partial charge in [0.05, 0.1) is 12.9 Å². The van der Waals surface area contributed by atoms with Gasteiger partial charge in [-0.1, -0.05) is 42.5 Å². The highest BCUT2D eigenvalue weighted by molar-refractivity contribution is 5.76. The monoisotopic (exact) mass is 391 g/mol. The second kappa shape index (κ2) is 11.1. The molecule has 0 bridgehead atoms. The summed E-state index contributed by atoms with van der Waals surface area (Å²) in [6.45, 7) is 4.81. The van der Waals surface area contributed by atoms with Gasteiger partial charge >= 0.3 is 0 Å². The number of aryl methyl sites for hydroxylation is 2. The topological polar surface area (TPSA) is 47.4 Å². The van der Waals surface area contributed by atoms with Gasteiger partial charge in [-0.15, -0.1) is 0 Å². The van der Waals surface area contributed by atoms with Gasteiger partial charge in [0.25, 0.3) is 0 Å². The summed E-state index contributed by atoms with van der Waals surface area (Å²) in [5.41, 5.74) is 2.31. The van der Waals surface area contributed by atoms with Crippen LogP contribution in [0.2, 0.25) is 0 Å². The van der Waals surface area contributed by atoms with Crippen molar-refractivity contribution in [1.29, 1.82) is 0 Å². The maximum atomic E-state index is 13.0. The Hall–Kier alpha value is -3.08. The van der Waals surface area contributed by atoms with E-state index in [0.717, 1.165) is 37.2 Å². The van der Waals surface area contributed by atoms with Crippen LogP contribution in [0.3, 0.4) is 0 Å². The quantitative estimate of drug-likeness (QED) is 0.489. The molecule has 2 aromatic carbocycles. The van der Waals surface area contributed by atoms with E-state index in [4.69, 9.17) is 4.74 Å². The minimum atomic E-state index is 0.188. The van der Waals surface area contributed by atoms with Crippen LogP contribution in [0.4, 0.5) is 0 Å². The maximum Gasteiger partial charge on any atom is 0.223 e. The number of hydrogen-bond donors (Lipinski definition) is 0. The summed E-state index contributed by atoms with van der Waals surface area (Å²) in [5, 5.41) is 0. The second-order valence-electron chi connectivity index (χ2n) is 7.03. The Balaban J connectivity index is 1.60. The summed E-state index contributed by atoms with van der Waals surface area (Å²) in [6, 6.07) is 18.2. The molecule has 1 amide bonds. The summed E-state index contributed by atoms with van der Waals surface area (Å²) in [6.07, 6.45) is 7.72. The smallest absolute Gasteiger partial charge is 0.223 e. The van der Waals surface area contributed by atoms with Gasteiger partial charge < -0.3 is 14.2 Å². The van der Waals surface area contributed by atoms with E-state index in [-0.39, 0.29) is 5.91 Å². The van der Waals surface area contributed by atoms with Gasteiger partial charge in [-0.2, -0.15) is 0 Å². The fraction of sp³-hybridized carbons (Fsp3) is 0.333. The first-order chi connectivity index (χ1) is 14.2. The normalized spacial score (nSPS) is 10.7. The first kappa shape index (κ1) is 20.6. The molecule has 0 saturated heterocycles. The Morgan fingerprint density at radius 2 is 1.86 bits per heavy atom. The average molecular weight is 392 g/mol. The number of nitrogens with zero attached hydrogens (tertiary/aromatic N) is 3. The van der Waals surface area contributed by atoms with Crippen molar-refractivity contribution in [3.8, 4) is 5.75 Å². The minimum Gasteiger partial charge on any atom is -0.494 e. The standard InChI is InChI=1S/C24H29N3O2/c1-2-29-23-12-9-22(10-13-23)19-27(17-6-16-26-18-15-25-20-26)24(28)14-11-21-7-4-3-5-8-21/h3-5,7-10,12-13,15,18,20H,2,6,11,14,16-17,19H2,1H3. The lowest BCUT2D eigenvalue weighted by Gasteiger charge is -2.23. The van der Waals surface area contributed by atoms with Crippen molar-refractivity contribution in [3.05, 3.63) is 84.4 Å². The van der Waals surface area contributed by atoms with E-state index in [1.807, 2.05) is 71.4 Å². The number of carbonyl (C=O) groups excluding carboxylic acids is 1. The van der Waals surface area contributed by atoms with E-state index in [2.05, 4.69) is 17.1 Å². The zero-order valence-corrected chi connectivity index (χ0v) is 17.0. The van der Waals surface area contributed by atoms with Crippen LogP contribution in [0.5, 0.6) is 5.75 Å². The molecule has 0 N–H and O–H groups in total. The van der Waals surface area contributed by atoms with Crippen LogP contribution in [0.25, 0.3) is 0 Å². The number of benzene rings is 2. The van der Waals surface area contributed by atoms with E-state index in [1.165, 1.54) is 5.56 Å². The average Bonchev–Trinajstić information content (AvgIpc) is 3.27. The number of ether oxygens (including phenoxy) is 1. The van der Waals surface area contributed by atoms with E-state index < -0.39 is 0 Å². The van der Waals surface area contributed by atoms with Crippen LogP contribution in [0.1, 0.15) is 30.9 Å². The third-order valence-electron chi connectivity index (χ3n) is 4.83. The lowest BCUT2D eigenvalue weighted by Crippen LogP contribution is -2.32. The van der Waals surface area contributed by atoms with Gasteiger partial charge in [-0.25, -0.2) is 4.98 Å². The van der Waals surface area contributed by atoms with E-state index >= 15 is 0 Å². The van der Waals surface area contributed by atoms with Gasteiger partial charge in [0.2, 0.25) is 5.91 Å². The van der Waals surface area contributed by atoms with Crippen molar-refractivity contribution < 1.29 is 9.53 Å². The van der Waals surface area contributed by atoms with E-state index in [1.54, 1.807) is 6.20 Å². The van der Waals surface area contributed by atoms with Gasteiger partial charge in [0.1, 0.15) is 5.75 Å². The third kappa shape index (κ3) is 6.79. The van der Waals surface area contributed by atoms with Crippen LogP contribution in [-0.4, -0.2) is 33.5 Å². The molecule has 3 aromatic rings.